The van der Waals surface area contributed by atoms with Crippen LogP contribution < -0.4 is 4.74 Å². The summed E-state index contributed by atoms with van der Waals surface area (Å²) in [5.74, 6) is 0.709. The lowest BCUT2D eigenvalue weighted by atomic mass is 10.0. The third-order valence-corrected chi connectivity index (χ3v) is 5.16. The van der Waals surface area contributed by atoms with Crippen LogP contribution in [0.15, 0.2) is 67.0 Å². The van der Waals surface area contributed by atoms with Gasteiger partial charge in [0.25, 0.3) is 0 Å². The minimum Gasteiger partial charge on any atom is -0.488 e. The number of benzene rings is 2. The molecule has 0 saturated heterocycles. The number of aromatic nitrogens is 1. The van der Waals surface area contributed by atoms with E-state index in [9.17, 15) is 5.11 Å². The molecule has 148 valence electrons. The van der Waals surface area contributed by atoms with E-state index >= 15 is 0 Å². The van der Waals surface area contributed by atoms with Gasteiger partial charge in [-0.15, -0.1) is 0 Å². The van der Waals surface area contributed by atoms with Crippen molar-refractivity contribution >= 4 is 11.6 Å². The van der Waals surface area contributed by atoms with Gasteiger partial charge in [0.15, 0.2) is 0 Å². The smallest absolute Gasteiger partial charge is 0.124 e. The molecule has 0 aliphatic rings. The number of pyridine rings is 1. The van der Waals surface area contributed by atoms with Crippen LogP contribution in [0, 0.1) is 11.3 Å². The van der Waals surface area contributed by atoms with Crippen molar-refractivity contribution in [3.63, 3.8) is 0 Å². The van der Waals surface area contributed by atoms with Gasteiger partial charge in [-0.25, -0.2) is 0 Å². The van der Waals surface area contributed by atoms with Crippen molar-refractivity contribution in [3.05, 3.63) is 83.1 Å². The number of nitriles is 1. The SMILES string of the molecule is CCC(Oc1ccc(-c2ccc(C#N)c(Cl)c2)cc1)C(O)CCc1cccnc1. The first-order valence-electron chi connectivity index (χ1n) is 9.64. The van der Waals surface area contributed by atoms with E-state index in [0.29, 0.717) is 29.2 Å². The third-order valence-electron chi connectivity index (χ3n) is 4.85. The quantitative estimate of drug-likeness (QED) is 0.542. The zero-order chi connectivity index (χ0) is 20.6. The van der Waals surface area contributed by atoms with Gasteiger partial charge in [0, 0.05) is 12.4 Å². The Hall–Kier alpha value is -2.87. The van der Waals surface area contributed by atoms with Crippen LogP contribution >= 0.6 is 11.6 Å². The van der Waals surface area contributed by atoms with Gasteiger partial charge in [0.1, 0.15) is 17.9 Å². The van der Waals surface area contributed by atoms with E-state index in [4.69, 9.17) is 21.6 Å². The highest BCUT2D eigenvalue weighted by Gasteiger charge is 2.19. The van der Waals surface area contributed by atoms with Gasteiger partial charge >= 0.3 is 0 Å². The second kappa shape index (κ2) is 10.1. The number of aliphatic hydroxyl groups is 1. The average molecular weight is 407 g/mol. The molecule has 29 heavy (non-hydrogen) atoms. The summed E-state index contributed by atoms with van der Waals surface area (Å²) in [5, 5.41) is 20.0. The summed E-state index contributed by atoms with van der Waals surface area (Å²) in [6.45, 7) is 2.01. The number of nitrogens with zero attached hydrogens (tertiary/aromatic N) is 2. The van der Waals surface area contributed by atoms with E-state index in [0.717, 1.165) is 23.1 Å². The molecular formula is C24H23ClN2O2. The third kappa shape index (κ3) is 5.57. The monoisotopic (exact) mass is 406 g/mol. The molecule has 0 fully saturated rings. The number of aliphatic hydroxyl groups excluding tert-OH is 1. The predicted molar refractivity (Wildman–Crippen MR) is 115 cm³/mol. The fraction of sp³-hybridized carbons (Fsp3) is 0.250. The van der Waals surface area contributed by atoms with Crippen molar-refractivity contribution in [3.8, 4) is 22.9 Å². The van der Waals surface area contributed by atoms with Crippen LogP contribution in [0.4, 0.5) is 0 Å². The fourth-order valence-corrected chi connectivity index (χ4v) is 3.39. The van der Waals surface area contributed by atoms with E-state index in [1.807, 2.05) is 55.6 Å². The normalized spacial score (nSPS) is 12.8. The van der Waals surface area contributed by atoms with Crippen LogP contribution in [0.25, 0.3) is 11.1 Å². The molecule has 0 amide bonds. The molecule has 3 rings (SSSR count). The Morgan fingerprint density at radius 2 is 1.90 bits per heavy atom. The Kier molecular flexibility index (Phi) is 7.24. The van der Waals surface area contributed by atoms with Crippen LogP contribution in [0.5, 0.6) is 5.75 Å². The highest BCUT2D eigenvalue weighted by atomic mass is 35.5. The Bertz CT molecular complexity index is 968. The van der Waals surface area contributed by atoms with E-state index in [-0.39, 0.29) is 6.10 Å². The summed E-state index contributed by atoms with van der Waals surface area (Å²) in [4.78, 5) is 4.11. The highest BCUT2D eigenvalue weighted by molar-refractivity contribution is 6.32. The molecule has 1 aromatic heterocycles. The Balaban J connectivity index is 1.62. The molecule has 0 radical (unpaired) electrons. The Morgan fingerprint density at radius 1 is 1.14 bits per heavy atom. The average Bonchev–Trinajstić information content (AvgIpc) is 2.77. The first kappa shape index (κ1) is 20.9. The second-order valence-corrected chi connectivity index (χ2v) is 7.27. The maximum atomic E-state index is 10.6. The van der Waals surface area contributed by atoms with Gasteiger partial charge in [-0.2, -0.15) is 5.26 Å². The number of aryl methyl sites for hydroxylation is 1. The van der Waals surface area contributed by atoms with E-state index in [1.165, 1.54) is 0 Å². The van der Waals surface area contributed by atoms with Gasteiger partial charge in [0.2, 0.25) is 0 Å². The molecule has 2 unspecified atom stereocenters. The van der Waals surface area contributed by atoms with Crippen LogP contribution in [-0.2, 0) is 6.42 Å². The van der Waals surface area contributed by atoms with Gasteiger partial charge in [-0.3, -0.25) is 4.98 Å². The Labute approximate surface area is 176 Å². The first-order valence-corrected chi connectivity index (χ1v) is 10.0. The van der Waals surface area contributed by atoms with Crippen molar-refractivity contribution in [2.45, 2.75) is 38.4 Å². The molecule has 1 N–H and O–H groups in total. The number of hydrogen-bond acceptors (Lipinski definition) is 4. The van der Waals surface area contributed by atoms with Gasteiger partial charge < -0.3 is 9.84 Å². The number of ether oxygens (including phenoxy) is 1. The lowest BCUT2D eigenvalue weighted by Gasteiger charge is -2.23. The van der Waals surface area contributed by atoms with Gasteiger partial charge in [0.05, 0.1) is 16.7 Å². The van der Waals surface area contributed by atoms with Crippen LogP contribution in [0.3, 0.4) is 0 Å². The first-order chi connectivity index (χ1) is 14.1. The highest BCUT2D eigenvalue weighted by Crippen LogP contribution is 2.27. The lowest BCUT2D eigenvalue weighted by molar-refractivity contribution is 0.0291. The molecule has 0 spiro atoms. The number of rotatable bonds is 8. The number of hydrogen-bond donors (Lipinski definition) is 1. The molecular weight excluding hydrogens is 384 g/mol. The van der Waals surface area contributed by atoms with Crippen molar-refractivity contribution in [1.82, 2.24) is 4.98 Å². The molecule has 5 heteroatoms. The lowest BCUT2D eigenvalue weighted by Crippen LogP contribution is -2.31. The van der Waals surface area contributed by atoms with Gasteiger partial charge in [-0.05, 0) is 66.3 Å². The van der Waals surface area contributed by atoms with Crippen molar-refractivity contribution in [2.24, 2.45) is 0 Å². The van der Waals surface area contributed by atoms with Gasteiger partial charge in [-0.1, -0.05) is 42.8 Å². The topological polar surface area (TPSA) is 66.1 Å². The minimum absolute atomic E-state index is 0.276. The van der Waals surface area contributed by atoms with Crippen molar-refractivity contribution in [2.75, 3.05) is 0 Å². The zero-order valence-electron chi connectivity index (χ0n) is 16.3. The maximum Gasteiger partial charge on any atom is 0.124 e. The molecule has 0 bridgehead atoms. The summed E-state index contributed by atoms with van der Waals surface area (Å²) in [6.07, 6.45) is 4.82. The Morgan fingerprint density at radius 3 is 2.52 bits per heavy atom. The summed E-state index contributed by atoms with van der Waals surface area (Å²) >= 11 is 6.13. The second-order valence-electron chi connectivity index (χ2n) is 6.86. The summed E-state index contributed by atoms with van der Waals surface area (Å²) in [5.41, 5.74) is 3.48. The summed E-state index contributed by atoms with van der Waals surface area (Å²) in [6, 6.07) is 19.0. The molecule has 0 aliphatic carbocycles. The van der Waals surface area contributed by atoms with Crippen LogP contribution in [0.1, 0.15) is 30.9 Å². The van der Waals surface area contributed by atoms with Crippen molar-refractivity contribution < 1.29 is 9.84 Å². The molecule has 3 aromatic rings. The molecule has 2 atom stereocenters. The largest absolute Gasteiger partial charge is 0.488 e. The zero-order valence-corrected chi connectivity index (χ0v) is 17.0. The molecule has 4 nitrogen and oxygen atoms in total. The number of halogens is 1. The molecule has 2 aromatic carbocycles. The summed E-state index contributed by atoms with van der Waals surface area (Å²) in [7, 11) is 0. The molecule has 0 saturated carbocycles. The standard InChI is InChI=1S/C24H23ClN2O2/c1-2-24(23(28)12-5-17-4-3-13-27-16-17)29-21-10-8-18(9-11-21)19-6-7-20(15-26)22(25)14-19/h3-4,6-11,13-14,16,23-24,28H,2,5,12H2,1H3. The van der Waals surface area contributed by atoms with E-state index in [2.05, 4.69) is 11.1 Å². The molecule has 1 heterocycles. The fourth-order valence-electron chi connectivity index (χ4n) is 3.17. The predicted octanol–water partition coefficient (Wildman–Crippen LogP) is 5.42. The van der Waals surface area contributed by atoms with E-state index in [1.54, 1.807) is 18.3 Å². The summed E-state index contributed by atoms with van der Waals surface area (Å²) < 4.78 is 6.03. The molecule has 0 aliphatic heterocycles. The van der Waals surface area contributed by atoms with Crippen molar-refractivity contribution in [1.29, 1.82) is 5.26 Å². The van der Waals surface area contributed by atoms with Crippen LogP contribution in [-0.4, -0.2) is 22.3 Å². The maximum absolute atomic E-state index is 10.6. The minimum atomic E-state index is -0.558. The van der Waals surface area contributed by atoms with E-state index < -0.39 is 6.10 Å². The van der Waals surface area contributed by atoms with Crippen LogP contribution in [0.2, 0.25) is 5.02 Å².